The fraction of sp³-hybridized carbons (Fsp3) is 0.310. The number of carbonyl (C=O) groups is 2. The minimum Gasteiger partial charge on any atom is -0.352 e. The monoisotopic (exact) mass is 508 g/mol. The number of benzene rings is 3. The van der Waals surface area contributed by atoms with Gasteiger partial charge in [0.1, 0.15) is 6.04 Å². The van der Waals surface area contributed by atoms with Crippen LogP contribution in [0.25, 0.3) is 0 Å². The Balaban J connectivity index is 1.90. The molecule has 4 nitrogen and oxygen atoms in total. The van der Waals surface area contributed by atoms with Gasteiger partial charge in [0.2, 0.25) is 11.8 Å². The van der Waals surface area contributed by atoms with Crippen LogP contribution in [0.4, 0.5) is 0 Å². The summed E-state index contributed by atoms with van der Waals surface area (Å²) in [7, 11) is 0. The number of hydrogen-bond acceptors (Lipinski definition) is 3. The summed E-state index contributed by atoms with van der Waals surface area (Å²) in [5.74, 6) is 0.0145. The van der Waals surface area contributed by atoms with Crippen molar-refractivity contribution < 1.29 is 9.59 Å². The Kier molecular flexibility index (Phi) is 10.2. The lowest BCUT2D eigenvalue weighted by molar-refractivity contribution is -0.139. The molecule has 0 saturated heterocycles. The van der Waals surface area contributed by atoms with Gasteiger partial charge in [-0.05, 0) is 55.7 Å². The van der Waals surface area contributed by atoms with Gasteiger partial charge < -0.3 is 10.2 Å². The molecule has 0 fully saturated rings. The van der Waals surface area contributed by atoms with Crippen LogP contribution in [0.3, 0.4) is 0 Å². The van der Waals surface area contributed by atoms with Gasteiger partial charge in [0, 0.05) is 28.9 Å². The first kappa shape index (κ1) is 26.8. The smallest absolute Gasteiger partial charge is 0.243 e. The van der Waals surface area contributed by atoms with Gasteiger partial charge in [0.05, 0.1) is 5.75 Å². The predicted molar refractivity (Wildman–Crippen MR) is 146 cm³/mol. The third-order valence-electron chi connectivity index (χ3n) is 5.90. The number of nitrogens with zero attached hydrogens (tertiary/aromatic N) is 1. The van der Waals surface area contributed by atoms with Crippen molar-refractivity contribution >= 4 is 35.2 Å². The molecule has 0 aliphatic rings. The van der Waals surface area contributed by atoms with Gasteiger partial charge in [-0.3, -0.25) is 9.59 Å². The van der Waals surface area contributed by atoms with Gasteiger partial charge in [0.25, 0.3) is 0 Å². The molecule has 0 aromatic heterocycles. The normalized spacial score (nSPS) is 12.6. The largest absolute Gasteiger partial charge is 0.352 e. The summed E-state index contributed by atoms with van der Waals surface area (Å²) in [6.07, 6.45) is 1.25. The number of halogens is 1. The van der Waals surface area contributed by atoms with Gasteiger partial charge in [0.15, 0.2) is 0 Å². The molecule has 0 aliphatic heterocycles. The van der Waals surface area contributed by atoms with Crippen LogP contribution in [0.2, 0.25) is 5.02 Å². The SMILES string of the molecule is CC[C@H](C)NC(=O)[C@@H](Cc1ccccc1)N(Cc1cccc(Cl)c1)C(=O)CSc1ccc(C)cc1. The summed E-state index contributed by atoms with van der Waals surface area (Å²) in [6, 6.07) is 24.8. The van der Waals surface area contributed by atoms with Crippen molar-refractivity contribution in [2.45, 2.75) is 57.1 Å². The maximum atomic E-state index is 13.7. The van der Waals surface area contributed by atoms with E-state index in [1.165, 1.54) is 17.3 Å². The molecule has 0 heterocycles. The summed E-state index contributed by atoms with van der Waals surface area (Å²) in [5.41, 5.74) is 3.07. The van der Waals surface area contributed by atoms with E-state index in [9.17, 15) is 9.59 Å². The first-order chi connectivity index (χ1) is 16.9. The Morgan fingerprint density at radius 2 is 1.66 bits per heavy atom. The quantitative estimate of drug-likeness (QED) is 0.309. The fourth-order valence-corrected chi connectivity index (χ4v) is 4.69. The highest BCUT2D eigenvalue weighted by Crippen LogP contribution is 2.22. The van der Waals surface area contributed by atoms with Crippen molar-refractivity contribution in [1.82, 2.24) is 10.2 Å². The van der Waals surface area contributed by atoms with E-state index in [1.807, 2.05) is 99.6 Å². The molecule has 2 atom stereocenters. The van der Waals surface area contributed by atoms with Crippen LogP contribution in [0, 0.1) is 6.92 Å². The highest BCUT2D eigenvalue weighted by Gasteiger charge is 2.31. The molecule has 35 heavy (non-hydrogen) atoms. The lowest BCUT2D eigenvalue weighted by atomic mass is 10.0. The molecule has 1 N–H and O–H groups in total. The number of thioether (sulfide) groups is 1. The molecule has 0 unspecified atom stereocenters. The highest BCUT2D eigenvalue weighted by atomic mass is 35.5. The molecule has 0 spiro atoms. The summed E-state index contributed by atoms with van der Waals surface area (Å²) < 4.78 is 0. The number of hydrogen-bond donors (Lipinski definition) is 1. The van der Waals surface area contributed by atoms with E-state index in [2.05, 4.69) is 5.32 Å². The summed E-state index contributed by atoms with van der Waals surface area (Å²) in [4.78, 5) is 29.9. The lowest BCUT2D eigenvalue weighted by Crippen LogP contribution is -2.52. The van der Waals surface area contributed by atoms with E-state index < -0.39 is 6.04 Å². The maximum Gasteiger partial charge on any atom is 0.243 e. The topological polar surface area (TPSA) is 49.4 Å². The number of rotatable bonds is 11. The average molecular weight is 509 g/mol. The van der Waals surface area contributed by atoms with Crippen LogP contribution in [-0.2, 0) is 22.6 Å². The zero-order valence-electron chi connectivity index (χ0n) is 20.5. The molecule has 0 radical (unpaired) electrons. The molecule has 0 bridgehead atoms. The number of aryl methyl sites for hydroxylation is 1. The van der Waals surface area contributed by atoms with Crippen molar-refractivity contribution in [3.8, 4) is 0 Å². The van der Waals surface area contributed by atoms with Gasteiger partial charge in [-0.25, -0.2) is 0 Å². The van der Waals surface area contributed by atoms with Crippen LogP contribution >= 0.6 is 23.4 Å². The van der Waals surface area contributed by atoms with E-state index in [0.717, 1.165) is 22.4 Å². The highest BCUT2D eigenvalue weighted by molar-refractivity contribution is 8.00. The molecule has 3 aromatic carbocycles. The second-order valence-electron chi connectivity index (χ2n) is 8.78. The average Bonchev–Trinajstić information content (AvgIpc) is 2.86. The summed E-state index contributed by atoms with van der Waals surface area (Å²) >= 11 is 7.72. The van der Waals surface area contributed by atoms with Gasteiger partial charge in [-0.1, -0.05) is 78.7 Å². The Bertz CT molecular complexity index is 1110. The van der Waals surface area contributed by atoms with E-state index in [4.69, 9.17) is 11.6 Å². The van der Waals surface area contributed by atoms with Crippen molar-refractivity contribution in [2.24, 2.45) is 0 Å². The fourth-order valence-electron chi connectivity index (χ4n) is 3.69. The van der Waals surface area contributed by atoms with Crippen molar-refractivity contribution in [3.05, 3.63) is 101 Å². The maximum absolute atomic E-state index is 13.7. The molecule has 3 aromatic rings. The van der Waals surface area contributed by atoms with Gasteiger partial charge >= 0.3 is 0 Å². The van der Waals surface area contributed by atoms with Crippen molar-refractivity contribution in [2.75, 3.05) is 5.75 Å². The molecule has 2 amide bonds. The lowest BCUT2D eigenvalue weighted by Gasteiger charge is -2.32. The molecule has 0 saturated carbocycles. The Morgan fingerprint density at radius 3 is 2.31 bits per heavy atom. The van der Waals surface area contributed by atoms with Crippen LogP contribution in [0.5, 0.6) is 0 Å². The van der Waals surface area contributed by atoms with Crippen LogP contribution in [-0.4, -0.2) is 34.6 Å². The van der Waals surface area contributed by atoms with E-state index in [0.29, 0.717) is 18.0 Å². The van der Waals surface area contributed by atoms with Crippen molar-refractivity contribution in [1.29, 1.82) is 0 Å². The second kappa shape index (κ2) is 13.4. The molecule has 184 valence electrons. The number of amides is 2. The standard InChI is InChI=1S/C29H33ClN2O2S/c1-4-22(3)31-29(34)27(18-23-9-6-5-7-10-23)32(19-24-11-8-12-25(30)17-24)28(33)20-35-26-15-13-21(2)14-16-26/h5-17,22,27H,4,18-20H2,1-3H3,(H,31,34)/t22-,27+/m0/s1. The zero-order chi connectivity index (χ0) is 25.2. The zero-order valence-corrected chi connectivity index (χ0v) is 22.1. The van der Waals surface area contributed by atoms with E-state index in [-0.39, 0.29) is 23.6 Å². The Hall–Kier alpha value is -2.76. The third kappa shape index (κ3) is 8.44. The third-order valence-corrected chi connectivity index (χ3v) is 7.13. The van der Waals surface area contributed by atoms with Crippen LogP contribution in [0.15, 0.2) is 83.8 Å². The number of carbonyl (C=O) groups excluding carboxylic acids is 2. The first-order valence-corrected chi connectivity index (χ1v) is 13.3. The Labute approximate surface area is 218 Å². The summed E-state index contributed by atoms with van der Waals surface area (Å²) in [6.45, 7) is 6.35. The second-order valence-corrected chi connectivity index (χ2v) is 10.3. The van der Waals surface area contributed by atoms with Gasteiger partial charge in [-0.15, -0.1) is 11.8 Å². The van der Waals surface area contributed by atoms with Crippen molar-refractivity contribution in [3.63, 3.8) is 0 Å². The van der Waals surface area contributed by atoms with Gasteiger partial charge in [-0.2, -0.15) is 0 Å². The predicted octanol–water partition coefficient (Wildman–Crippen LogP) is 6.30. The molecule has 6 heteroatoms. The van der Waals surface area contributed by atoms with E-state index in [1.54, 1.807) is 4.90 Å². The molecular weight excluding hydrogens is 476 g/mol. The minimum absolute atomic E-state index is 0.0193. The molecule has 3 rings (SSSR count). The Morgan fingerprint density at radius 1 is 0.971 bits per heavy atom. The van der Waals surface area contributed by atoms with E-state index >= 15 is 0 Å². The van der Waals surface area contributed by atoms with Crippen LogP contribution in [0.1, 0.15) is 37.0 Å². The number of nitrogens with one attached hydrogen (secondary N) is 1. The molecule has 0 aliphatic carbocycles. The molecular formula is C29H33ClN2O2S. The minimum atomic E-state index is -0.642. The summed E-state index contributed by atoms with van der Waals surface area (Å²) in [5, 5.41) is 3.70. The van der Waals surface area contributed by atoms with Crippen LogP contribution < -0.4 is 5.32 Å². The first-order valence-electron chi connectivity index (χ1n) is 11.9.